The summed E-state index contributed by atoms with van der Waals surface area (Å²) in [5.74, 6) is 0.958. The summed E-state index contributed by atoms with van der Waals surface area (Å²) in [6, 6.07) is 13.0. The van der Waals surface area contributed by atoms with Crippen molar-refractivity contribution in [3.8, 4) is 23.5 Å². The third-order valence-electron chi connectivity index (χ3n) is 2.87. The number of esters is 1. The molecule has 2 aromatic rings. The van der Waals surface area contributed by atoms with Crippen molar-refractivity contribution in [1.82, 2.24) is 0 Å². The molecule has 0 aliphatic rings. The van der Waals surface area contributed by atoms with Gasteiger partial charge in [0.2, 0.25) is 0 Å². The molecule has 2 rings (SSSR count). The zero-order valence-corrected chi connectivity index (χ0v) is 12.6. The van der Waals surface area contributed by atoms with E-state index in [1.54, 1.807) is 12.1 Å². The van der Waals surface area contributed by atoms with Crippen LogP contribution in [0.3, 0.4) is 0 Å². The Morgan fingerprint density at radius 3 is 2.54 bits per heavy atom. The quantitative estimate of drug-likeness (QED) is 0.644. The number of carbonyl (C=O) groups excluding carboxylic acids is 1. The smallest absolute Gasteiger partial charge is 0.358 e. The molecule has 0 amide bonds. The number of aliphatic carboxylic acids is 1. The molecule has 6 heteroatoms. The molecule has 0 heterocycles. The number of hydrogen-bond donors (Lipinski definition) is 2. The maximum absolute atomic E-state index is 11.6. The number of phenolic OH excluding ortho intramolecular Hbond substituents is 1. The molecule has 0 spiro atoms. The van der Waals surface area contributed by atoms with E-state index in [1.807, 2.05) is 18.2 Å². The molecule has 2 N–H and O–H groups in total. The lowest BCUT2D eigenvalue weighted by Crippen LogP contribution is -2.14. The van der Waals surface area contributed by atoms with E-state index < -0.39 is 18.5 Å². The van der Waals surface area contributed by atoms with E-state index >= 15 is 0 Å². The lowest BCUT2D eigenvalue weighted by molar-refractivity contribution is -0.139. The van der Waals surface area contributed by atoms with Gasteiger partial charge >= 0.3 is 11.9 Å². The molecule has 0 saturated heterocycles. The second-order valence-electron chi connectivity index (χ2n) is 4.72. The summed E-state index contributed by atoms with van der Waals surface area (Å²) in [5.41, 5.74) is 0.958. The van der Waals surface area contributed by atoms with Gasteiger partial charge in [0.05, 0.1) is 6.42 Å². The van der Waals surface area contributed by atoms with Crippen LogP contribution in [0.25, 0.3) is 0 Å². The molecule has 0 fully saturated rings. The molecule has 0 saturated carbocycles. The number of carbonyl (C=O) groups is 2. The van der Waals surface area contributed by atoms with Crippen LogP contribution in [0.1, 0.15) is 11.1 Å². The fourth-order valence-electron chi connectivity index (χ4n) is 1.84. The van der Waals surface area contributed by atoms with Gasteiger partial charge in [-0.25, -0.2) is 4.79 Å². The number of benzene rings is 2. The molecule has 24 heavy (non-hydrogen) atoms. The van der Waals surface area contributed by atoms with E-state index in [9.17, 15) is 14.7 Å². The number of hydrogen-bond acceptors (Lipinski definition) is 5. The van der Waals surface area contributed by atoms with Gasteiger partial charge in [-0.2, -0.15) is 0 Å². The molecule has 6 nitrogen and oxygen atoms in total. The summed E-state index contributed by atoms with van der Waals surface area (Å²) in [4.78, 5) is 22.4. The van der Waals surface area contributed by atoms with Crippen LogP contribution in [0, 0.1) is 12.0 Å². The lowest BCUT2D eigenvalue weighted by Gasteiger charge is -2.09. The van der Waals surface area contributed by atoms with Crippen molar-refractivity contribution in [2.45, 2.75) is 6.42 Å². The van der Waals surface area contributed by atoms with Crippen LogP contribution in [-0.4, -0.2) is 28.8 Å². The summed E-state index contributed by atoms with van der Waals surface area (Å²) in [6.45, 7) is -0.430. The van der Waals surface area contributed by atoms with Crippen molar-refractivity contribution < 1.29 is 29.3 Å². The van der Waals surface area contributed by atoms with E-state index in [0.717, 1.165) is 0 Å². The molecule has 122 valence electrons. The summed E-state index contributed by atoms with van der Waals surface area (Å²) in [6.07, 6.45) is 1.94. The van der Waals surface area contributed by atoms with Crippen LogP contribution in [0.5, 0.6) is 11.5 Å². The molecule has 0 aromatic heterocycles. The van der Waals surface area contributed by atoms with E-state index in [0.29, 0.717) is 5.56 Å². The highest BCUT2D eigenvalue weighted by Gasteiger charge is 2.11. The molecule has 2 aromatic carbocycles. The van der Waals surface area contributed by atoms with Crippen LogP contribution in [0.15, 0.2) is 48.5 Å². The van der Waals surface area contributed by atoms with Gasteiger partial charge in [0.1, 0.15) is 17.6 Å². The van der Waals surface area contributed by atoms with Gasteiger partial charge in [0, 0.05) is 11.1 Å². The average Bonchev–Trinajstić information content (AvgIpc) is 2.54. The molecule has 0 atom stereocenters. The summed E-state index contributed by atoms with van der Waals surface area (Å²) in [7, 11) is 0. The molecular weight excluding hydrogens is 312 g/mol. The highest BCUT2D eigenvalue weighted by Crippen LogP contribution is 2.24. The molecule has 0 radical (unpaired) electrons. The zero-order valence-electron chi connectivity index (χ0n) is 12.6. The van der Waals surface area contributed by atoms with Crippen LogP contribution in [-0.2, 0) is 20.7 Å². The Balaban J connectivity index is 1.92. The fourth-order valence-corrected chi connectivity index (χ4v) is 1.84. The Bertz CT molecular complexity index is 786. The number of phenols is 1. The SMILES string of the molecule is O=C(O)Cc1cc(O)ccc1OCC(=O)OC#Cc1ccccc1. The van der Waals surface area contributed by atoms with Crippen molar-refractivity contribution in [1.29, 1.82) is 0 Å². The standard InChI is InChI=1S/C18H14O6/c19-15-6-7-16(14(10-15)11-17(20)21)24-12-18(22)23-9-8-13-4-2-1-3-5-13/h1-7,10,19H,11-12H2,(H,20,21). The van der Waals surface area contributed by atoms with Gasteiger partial charge < -0.3 is 19.7 Å². The summed E-state index contributed by atoms with van der Waals surface area (Å²) in [5, 5.41) is 18.2. The van der Waals surface area contributed by atoms with E-state index in [-0.39, 0.29) is 23.5 Å². The maximum atomic E-state index is 11.6. The minimum Gasteiger partial charge on any atom is -0.508 e. The number of aromatic hydroxyl groups is 1. The third kappa shape index (κ3) is 5.39. The normalized spacial score (nSPS) is 9.50. The van der Waals surface area contributed by atoms with E-state index in [2.05, 4.69) is 12.0 Å². The minimum atomic E-state index is -1.08. The Labute approximate surface area is 138 Å². The first-order chi connectivity index (χ1) is 11.5. The highest BCUT2D eigenvalue weighted by molar-refractivity contribution is 5.73. The Morgan fingerprint density at radius 1 is 1.08 bits per heavy atom. The largest absolute Gasteiger partial charge is 0.508 e. The number of rotatable bonds is 5. The first kappa shape index (κ1) is 16.9. The maximum Gasteiger partial charge on any atom is 0.358 e. The first-order valence-corrected chi connectivity index (χ1v) is 6.97. The van der Waals surface area contributed by atoms with Gasteiger partial charge in [0.25, 0.3) is 0 Å². The monoisotopic (exact) mass is 326 g/mol. The minimum absolute atomic E-state index is 0.0881. The van der Waals surface area contributed by atoms with Gasteiger partial charge in [-0.05, 0) is 36.3 Å². The third-order valence-corrected chi connectivity index (χ3v) is 2.87. The van der Waals surface area contributed by atoms with Crippen LogP contribution in [0.4, 0.5) is 0 Å². The second-order valence-corrected chi connectivity index (χ2v) is 4.72. The molecule has 0 unspecified atom stereocenters. The van der Waals surface area contributed by atoms with Crippen molar-refractivity contribution in [2.75, 3.05) is 6.61 Å². The van der Waals surface area contributed by atoms with Gasteiger partial charge in [-0.1, -0.05) is 18.2 Å². The van der Waals surface area contributed by atoms with Crippen molar-refractivity contribution in [3.63, 3.8) is 0 Å². The summed E-state index contributed by atoms with van der Waals surface area (Å²) >= 11 is 0. The molecule has 0 aliphatic carbocycles. The van der Waals surface area contributed by atoms with Crippen molar-refractivity contribution >= 4 is 11.9 Å². The summed E-state index contributed by atoms with van der Waals surface area (Å²) < 4.78 is 9.96. The highest BCUT2D eigenvalue weighted by atomic mass is 16.6. The van der Waals surface area contributed by atoms with Gasteiger partial charge in [-0.15, -0.1) is 0 Å². The first-order valence-electron chi connectivity index (χ1n) is 6.97. The Hall–Kier alpha value is -3.46. The molecule has 0 aliphatic heterocycles. The van der Waals surface area contributed by atoms with E-state index in [1.165, 1.54) is 18.2 Å². The Kier molecular flexibility index (Phi) is 5.81. The topological polar surface area (TPSA) is 93.1 Å². The second kappa shape index (κ2) is 8.25. The predicted octanol–water partition coefficient (Wildman–Crippen LogP) is 1.95. The van der Waals surface area contributed by atoms with Crippen LogP contribution in [0.2, 0.25) is 0 Å². The van der Waals surface area contributed by atoms with Gasteiger partial charge in [-0.3, -0.25) is 4.79 Å². The Morgan fingerprint density at radius 2 is 1.83 bits per heavy atom. The van der Waals surface area contributed by atoms with Crippen molar-refractivity contribution in [2.24, 2.45) is 0 Å². The predicted molar refractivity (Wildman–Crippen MR) is 84.4 cm³/mol. The number of ether oxygens (including phenoxy) is 2. The van der Waals surface area contributed by atoms with Crippen molar-refractivity contribution in [3.05, 3.63) is 59.7 Å². The average molecular weight is 326 g/mol. The van der Waals surface area contributed by atoms with Gasteiger partial charge in [0.15, 0.2) is 6.61 Å². The van der Waals surface area contributed by atoms with E-state index in [4.69, 9.17) is 14.6 Å². The lowest BCUT2D eigenvalue weighted by atomic mass is 10.1. The fraction of sp³-hybridized carbons (Fsp3) is 0.111. The number of carboxylic acids is 1. The zero-order chi connectivity index (χ0) is 17.4. The van der Waals surface area contributed by atoms with Crippen LogP contribution < -0.4 is 4.74 Å². The van der Waals surface area contributed by atoms with Crippen LogP contribution >= 0.6 is 0 Å². The molecule has 0 bridgehead atoms. The molecular formula is C18H14O6. The number of carboxylic acid groups (broad SMARTS) is 1.